The summed E-state index contributed by atoms with van der Waals surface area (Å²) in [6.45, 7) is 3.65. The van der Waals surface area contributed by atoms with Gasteiger partial charge in [0.15, 0.2) is 5.13 Å². The van der Waals surface area contributed by atoms with Gasteiger partial charge >= 0.3 is 6.18 Å². The molecule has 0 radical (unpaired) electrons. The lowest BCUT2D eigenvalue weighted by atomic mass is 9.91. The molecule has 1 atom stereocenters. The molecule has 2 aromatic carbocycles. The quantitative estimate of drug-likeness (QED) is 0.282. The molecule has 1 aliphatic heterocycles. The first-order valence-corrected chi connectivity index (χ1v) is 13.8. The van der Waals surface area contributed by atoms with Crippen LogP contribution in [0.2, 0.25) is 0 Å². The SMILES string of the molecule is CC1(C)C[C@@H](Oc2ccc(C(F)(F)F)cc2-c2ccccn2)c2ccc(S(=O)(=O)Nc3nccs3)cc2O1. The Bertz CT molecular complexity index is 1560. The number of sulfonamides is 1. The third-order valence-electron chi connectivity index (χ3n) is 5.88. The van der Waals surface area contributed by atoms with Gasteiger partial charge in [0.2, 0.25) is 0 Å². The van der Waals surface area contributed by atoms with Crippen LogP contribution in [0.25, 0.3) is 11.3 Å². The van der Waals surface area contributed by atoms with Gasteiger partial charge in [-0.2, -0.15) is 13.2 Å². The summed E-state index contributed by atoms with van der Waals surface area (Å²) in [5.74, 6) is 0.520. The number of nitrogens with zero attached hydrogens (tertiary/aromatic N) is 2. The Kier molecular flexibility index (Phi) is 6.56. The summed E-state index contributed by atoms with van der Waals surface area (Å²) >= 11 is 1.15. The van der Waals surface area contributed by atoms with Gasteiger partial charge in [-0.1, -0.05) is 12.1 Å². The van der Waals surface area contributed by atoms with E-state index >= 15 is 0 Å². The second-order valence-electron chi connectivity index (χ2n) is 9.24. The molecule has 198 valence electrons. The Morgan fingerprint density at radius 1 is 1.08 bits per heavy atom. The number of rotatable bonds is 6. The van der Waals surface area contributed by atoms with E-state index in [2.05, 4.69) is 14.7 Å². The van der Waals surface area contributed by atoms with Crippen molar-refractivity contribution in [3.8, 4) is 22.8 Å². The van der Waals surface area contributed by atoms with Crippen molar-refractivity contribution in [2.24, 2.45) is 0 Å². The molecule has 0 amide bonds. The van der Waals surface area contributed by atoms with E-state index in [0.717, 1.165) is 23.5 Å². The van der Waals surface area contributed by atoms with Crippen molar-refractivity contribution in [1.29, 1.82) is 0 Å². The number of hydrogen-bond donors (Lipinski definition) is 1. The Labute approximate surface area is 221 Å². The van der Waals surface area contributed by atoms with Gasteiger partial charge in [0, 0.05) is 41.4 Å². The Morgan fingerprint density at radius 2 is 1.89 bits per heavy atom. The van der Waals surface area contributed by atoms with Crippen LogP contribution in [0.3, 0.4) is 0 Å². The molecule has 38 heavy (non-hydrogen) atoms. The molecule has 5 rings (SSSR count). The number of fused-ring (bicyclic) bond motifs is 1. The molecular weight excluding hydrogens is 539 g/mol. The zero-order chi connectivity index (χ0) is 27.1. The summed E-state index contributed by atoms with van der Waals surface area (Å²) in [5.41, 5.74) is -0.474. The number of halogens is 3. The first-order valence-electron chi connectivity index (χ1n) is 11.5. The molecule has 1 aliphatic rings. The van der Waals surface area contributed by atoms with Crippen molar-refractivity contribution in [1.82, 2.24) is 9.97 Å². The fourth-order valence-corrected chi connectivity index (χ4v) is 5.97. The van der Waals surface area contributed by atoms with Gasteiger partial charge in [-0.3, -0.25) is 9.71 Å². The van der Waals surface area contributed by atoms with Crippen LogP contribution >= 0.6 is 11.3 Å². The first kappa shape index (κ1) is 26.0. The second-order valence-corrected chi connectivity index (χ2v) is 11.8. The molecule has 0 saturated carbocycles. The molecule has 2 aromatic heterocycles. The van der Waals surface area contributed by atoms with Crippen LogP contribution in [0.15, 0.2) is 77.3 Å². The minimum absolute atomic E-state index is 0.0217. The lowest BCUT2D eigenvalue weighted by Gasteiger charge is -2.38. The molecular formula is C26H22F3N3O4S2. The van der Waals surface area contributed by atoms with Crippen LogP contribution < -0.4 is 14.2 Å². The normalized spacial score (nSPS) is 16.8. The van der Waals surface area contributed by atoms with Crippen molar-refractivity contribution in [2.75, 3.05) is 4.72 Å². The van der Waals surface area contributed by atoms with Gasteiger partial charge in [0.1, 0.15) is 23.2 Å². The highest BCUT2D eigenvalue weighted by atomic mass is 32.2. The Morgan fingerprint density at radius 3 is 2.58 bits per heavy atom. The van der Waals surface area contributed by atoms with Crippen molar-refractivity contribution in [2.45, 2.75) is 43.0 Å². The minimum atomic E-state index is -4.54. The second kappa shape index (κ2) is 9.59. The zero-order valence-electron chi connectivity index (χ0n) is 20.2. The zero-order valence-corrected chi connectivity index (χ0v) is 21.8. The average molecular weight is 562 g/mol. The predicted octanol–water partition coefficient (Wildman–Crippen LogP) is 6.71. The molecule has 0 bridgehead atoms. The maximum Gasteiger partial charge on any atom is 0.416 e. The van der Waals surface area contributed by atoms with Crippen molar-refractivity contribution >= 4 is 26.5 Å². The van der Waals surface area contributed by atoms with Gasteiger partial charge in [-0.15, -0.1) is 11.3 Å². The summed E-state index contributed by atoms with van der Waals surface area (Å²) in [4.78, 5) is 8.15. The number of aromatic nitrogens is 2. The molecule has 0 saturated heterocycles. The number of pyridine rings is 1. The van der Waals surface area contributed by atoms with Gasteiger partial charge in [-0.05, 0) is 50.2 Å². The lowest BCUT2D eigenvalue weighted by molar-refractivity contribution is -0.137. The molecule has 7 nitrogen and oxygen atoms in total. The largest absolute Gasteiger partial charge is 0.487 e. The Balaban J connectivity index is 1.52. The minimum Gasteiger partial charge on any atom is -0.487 e. The maximum atomic E-state index is 13.5. The molecule has 0 fully saturated rings. The number of thiazole rings is 1. The van der Waals surface area contributed by atoms with E-state index in [-0.39, 0.29) is 21.3 Å². The van der Waals surface area contributed by atoms with Gasteiger partial charge in [0.05, 0.1) is 16.2 Å². The number of benzene rings is 2. The fourth-order valence-electron chi connectivity index (χ4n) is 4.17. The van der Waals surface area contributed by atoms with Crippen LogP contribution in [0.5, 0.6) is 11.5 Å². The number of ether oxygens (including phenoxy) is 2. The molecule has 0 spiro atoms. The summed E-state index contributed by atoms with van der Waals surface area (Å²) < 4.78 is 81.1. The van der Waals surface area contributed by atoms with Gasteiger partial charge in [-0.25, -0.2) is 13.4 Å². The third-order valence-corrected chi connectivity index (χ3v) is 8.03. The molecule has 12 heteroatoms. The number of alkyl halides is 3. The van der Waals surface area contributed by atoms with E-state index in [0.29, 0.717) is 23.4 Å². The van der Waals surface area contributed by atoms with Crippen LogP contribution in [0.1, 0.15) is 37.5 Å². The van der Waals surface area contributed by atoms with E-state index < -0.39 is 33.5 Å². The van der Waals surface area contributed by atoms with E-state index in [1.54, 1.807) is 29.6 Å². The van der Waals surface area contributed by atoms with E-state index in [1.807, 2.05) is 13.8 Å². The standard InChI is InChI=1S/C26H22F3N3O4S2/c1-25(2)15-23(18-8-7-17(14-22(18)36-25)38(33,34)32-24-31-11-12-37-24)35-21-9-6-16(26(27,28)29)13-19(21)20-5-3-4-10-30-20/h3-14,23H,15H2,1-2H3,(H,31,32)/t23-/m1/s1. The van der Waals surface area contributed by atoms with Crippen molar-refractivity contribution in [3.05, 3.63) is 83.5 Å². The van der Waals surface area contributed by atoms with E-state index in [9.17, 15) is 21.6 Å². The maximum absolute atomic E-state index is 13.5. The molecule has 0 unspecified atom stereocenters. The first-order chi connectivity index (χ1) is 17.9. The summed E-state index contributed by atoms with van der Waals surface area (Å²) in [5, 5.41) is 1.88. The Hall–Kier alpha value is -3.64. The van der Waals surface area contributed by atoms with Crippen LogP contribution in [0.4, 0.5) is 18.3 Å². The molecule has 3 heterocycles. The van der Waals surface area contributed by atoms with Gasteiger partial charge < -0.3 is 9.47 Å². The molecule has 1 N–H and O–H groups in total. The van der Waals surface area contributed by atoms with Crippen molar-refractivity contribution in [3.63, 3.8) is 0 Å². The summed E-state index contributed by atoms with van der Waals surface area (Å²) in [6.07, 6.45) is -1.82. The number of hydrogen-bond acceptors (Lipinski definition) is 7. The van der Waals surface area contributed by atoms with Crippen LogP contribution in [0, 0.1) is 0 Å². The highest BCUT2D eigenvalue weighted by Gasteiger charge is 2.37. The number of nitrogens with one attached hydrogen (secondary N) is 1. The van der Waals surface area contributed by atoms with Crippen LogP contribution in [-0.4, -0.2) is 24.0 Å². The smallest absolute Gasteiger partial charge is 0.416 e. The molecule has 0 aliphatic carbocycles. The van der Waals surface area contributed by atoms with Gasteiger partial charge in [0.25, 0.3) is 10.0 Å². The average Bonchev–Trinajstić information content (AvgIpc) is 3.35. The predicted molar refractivity (Wildman–Crippen MR) is 137 cm³/mol. The number of anilines is 1. The third kappa shape index (κ3) is 5.46. The highest BCUT2D eigenvalue weighted by Crippen LogP contribution is 2.45. The topological polar surface area (TPSA) is 90.4 Å². The summed E-state index contributed by atoms with van der Waals surface area (Å²) in [6, 6.07) is 12.7. The monoisotopic (exact) mass is 561 g/mol. The lowest BCUT2D eigenvalue weighted by Crippen LogP contribution is -2.36. The van der Waals surface area contributed by atoms with Crippen LogP contribution in [-0.2, 0) is 16.2 Å². The summed E-state index contributed by atoms with van der Waals surface area (Å²) in [7, 11) is -3.93. The molecule has 4 aromatic rings. The van der Waals surface area contributed by atoms with Crippen molar-refractivity contribution < 1.29 is 31.1 Å². The van der Waals surface area contributed by atoms with E-state index in [1.165, 1.54) is 30.6 Å². The highest BCUT2D eigenvalue weighted by molar-refractivity contribution is 7.93. The van der Waals surface area contributed by atoms with E-state index in [4.69, 9.17) is 9.47 Å². The fraction of sp³-hybridized carbons (Fsp3) is 0.231.